The van der Waals surface area contributed by atoms with Crippen LogP contribution < -0.4 is 0 Å². The number of rotatable bonds is 3. The minimum absolute atomic E-state index is 0.245. The minimum Gasteiger partial charge on any atom is -0.436 e. The monoisotopic (exact) mass is 373 g/mol. The van der Waals surface area contributed by atoms with E-state index in [0.29, 0.717) is 11.7 Å². The molecule has 3 rings (SSSR count). The third-order valence-corrected chi connectivity index (χ3v) is 5.22. The highest BCUT2D eigenvalue weighted by Crippen LogP contribution is 2.35. The van der Waals surface area contributed by atoms with Gasteiger partial charge in [-0.25, -0.2) is 17.8 Å². The fourth-order valence-electron chi connectivity index (χ4n) is 2.72. The fraction of sp³-hybridized carbons (Fsp3) is 0.250. The summed E-state index contributed by atoms with van der Waals surface area (Å²) in [4.78, 5) is 4.58. The largest absolute Gasteiger partial charge is 0.436 e. The lowest BCUT2D eigenvalue weighted by molar-refractivity contribution is 0.559. The molecule has 6 heteroatoms. The summed E-state index contributed by atoms with van der Waals surface area (Å²) in [6, 6.07) is 11.0. The number of benzene rings is 2. The van der Waals surface area contributed by atoms with Crippen molar-refractivity contribution in [1.82, 2.24) is 4.98 Å². The second kappa shape index (κ2) is 6.36. The highest BCUT2D eigenvalue weighted by atomic mass is 32.2. The average molecular weight is 373 g/mol. The molecule has 26 heavy (non-hydrogen) atoms. The lowest BCUT2D eigenvalue weighted by Crippen LogP contribution is -2.13. The Morgan fingerprint density at radius 3 is 2.27 bits per heavy atom. The van der Waals surface area contributed by atoms with Gasteiger partial charge >= 0.3 is 0 Å². The number of aromatic nitrogens is 1. The maximum absolute atomic E-state index is 13.7. The molecular weight excluding hydrogens is 353 g/mol. The normalized spacial score (nSPS) is 12.3. The third kappa shape index (κ3) is 3.70. The van der Waals surface area contributed by atoms with E-state index in [4.69, 9.17) is 4.42 Å². The number of nitrogens with zero attached hydrogens (tertiary/aromatic N) is 1. The molecule has 2 aromatic carbocycles. The molecule has 0 amide bonds. The summed E-state index contributed by atoms with van der Waals surface area (Å²) in [5.41, 5.74) is 1.98. The fourth-order valence-corrected chi connectivity index (χ4v) is 3.35. The van der Waals surface area contributed by atoms with Gasteiger partial charge in [-0.3, -0.25) is 0 Å². The number of sulfone groups is 1. The molecule has 0 spiro atoms. The van der Waals surface area contributed by atoms with Crippen molar-refractivity contribution >= 4 is 9.84 Å². The van der Waals surface area contributed by atoms with Crippen LogP contribution in [0.15, 0.2) is 58.0 Å². The molecule has 0 N–H and O–H groups in total. The number of hydrogen-bond donors (Lipinski definition) is 0. The van der Waals surface area contributed by atoms with E-state index in [2.05, 4.69) is 4.98 Å². The number of hydrogen-bond acceptors (Lipinski definition) is 4. The first-order valence-electron chi connectivity index (χ1n) is 8.12. The summed E-state index contributed by atoms with van der Waals surface area (Å²) in [6.45, 7) is 6.00. The molecule has 3 aromatic rings. The predicted molar refractivity (Wildman–Crippen MR) is 99.1 cm³/mol. The highest BCUT2D eigenvalue weighted by Gasteiger charge is 2.22. The summed E-state index contributed by atoms with van der Waals surface area (Å²) in [5.74, 6) is 0.614. The van der Waals surface area contributed by atoms with Crippen molar-refractivity contribution in [3.63, 3.8) is 0 Å². The van der Waals surface area contributed by atoms with Crippen molar-refractivity contribution in [3.8, 4) is 22.8 Å². The quantitative estimate of drug-likeness (QED) is 0.658. The van der Waals surface area contributed by atoms with E-state index in [0.717, 1.165) is 22.9 Å². The van der Waals surface area contributed by atoms with Crippen molar-refractivity contribution in [1.29, 1.82) is 0 Å². The van der Waals surface area contributed by atoms with E-state index in [1.54, 1.807) is 24.4 Å². The molecule has 0 unspecified atom stereocenters. The highest BCUT2D eigenvalue weighted by molar-refractivity contribution is 7.90. The van der Waals surface area contributed by atoms with Crippen LogP contribution in [0.5, 0.6) is 0 Å². The van der Waals surface area contributed by atoms with Gasteiger partial charge in [0, 0.05) is 17.4 Å². The smallest absolute Gasteiger partial charge is 0.227 e. The molecule has 1 aromatic heterocycles. The van der Waals surface area contributed by atoms with Gasteiger partial charge in [-0.2, -0.15) is 0 Å². The summed E-state index contributed by atoms with van der Waals surface area (Å²) >= 11 is 0. The Balaban J connectivity index is 2.01. The molecular formula is C20H20FNO3S. The zero-order valence-corrected chi connectivity index (χ0v) is 15.9. The molecule has 0 saturated carbocycles. The van der Waals surface area contributed by atoms with E-state index in [9.17, 15) is 12.8 Å². The number of oxazole rings is 1. The maximum atomic E-state index is 13.7. The Morgan fingerprint density at radius 2 is 1.69 bits per heavy atom. The number of halogens is 1. The van der Waals surface area contributed by atoms with Crippen molar-refractivity contribution in [2.24, 2.45) is 0 Å². The van der Waals surface area contributed by atoms with Crippen LogP contribution in [0, 0.1) is 5.82 Å². The lowest BCUT2D eigenvalue weighted by Gasteiger charge is -2.21. The van der Waals surface area contributed by atoms with Crippen molar-refractivity contribution < 1.29 is 17.2 Å². The van der Waals surface area contributed by atoms with Crippen LogP contribution in [-0.4, -0.2) is 19.7 Å². The van der Waals surface area contributed by atoms with Gasteiger partial charge in [0.15, 0.2) is 15.6 Å². The van der Waals surface area contributed by atoms with Crippen LogP contribution in [0.4, 0.5) is 4.39 Å². The Labute approximate surface area is 152 Å². The first kappa shape index (κ1) is 18.3. The van der Waals surface area contributed by atoms with Gasteiger partial charge in [0.05, 0.1) is 11.1 Å². The molecule has 0 bridgehead atoms. The van der Waals surface area contributed by atoms with Crippen LogP contribution in [0.1, 0.15) is 26.3 Å². The zero-order chi connectivity index (χ0) is 19.1. The third-order valence-electron chi connectivity index (χ3n) is 4.09. The van der Waals surface area contributed by atoms with Crippen molar-refractivity contribution in [2.45, 2.75) is 31.1 Å². The van der Waals surface area contributed by atoms with Crippen LogP contribution in [-0.2, 0) is 15.3 Å². The van der Waals surface area contributed by atoms with Gasteiger partial charge in [0.2, 0.25) is 5.89 Å². The van der Waals surface area contributed by atoms with Gasteiger partial charge in [0.25, 0.3) is 0 Å². The molecule has 4 nitrogen and oxygen atoms in total. The van der Waals surface area contributed by atoms with Crippen molar-refractivity contribution in [3.05, 3.63) is 60.0 Å². The maximum Gasteiger partial charge on any atom is 0.227 e. The molecule has 0 aliphatic carbocycles. The van der Waals surface area contributed by atoms with E-state index >= 15 is 0 Å². The first-order chi connectivity index (χ1) is 12.1. The summed E-state index contributed by atoms with van der Waals surface area (Å²) in [7, 11) is -3.25. The molecule has 0 aliphatic rings. The standard InChI is InChI=1S/C20H20FNO3S/c1-20(2,3)17-11-14(21)7-10-16(17)19-22-12-18(25-19)13-5-8-15(9-6-13)26(4,23)24/h5-12H,1-4H3. The first-order valence-corrected chi connectivity index (χ1v) is 10.0. The van der Waals surface area contributed by atoms with Crippen LogP contribution in [0.25, 0.3) is 22.8 Å². The molecule has 1 heterocycles. The lowest BCUT2D eigenvalue weighted by atomic mass is 9.83. The minimum atomic E-state index is -3.25. The second-order valence-electron chi connectivity index (χ2n) is 7.27. The SMILES string of the molecule is CC(C)(C)c1cc(F)ccc1-c1ncc(-c2ccc(S(C)(=O)=O)cc2)o1. The van der Waals surface area contributed by atoms with Gasteiger partial charge in [-0.15, -0.1) is 0 Å². The average Bonchev–Trinajstić information content (AvgIpc) is 3.03. The van der Waals surface area contributed by atoms with E-state index < -0.39 is 9.84 Å². The van der Waals surface area contributed by atoms with E-state index in [1.807, 2.05) is 20.8 Å². The van der Waals surface area contributed by atoms with Gasteiger partial charge in [0.1, 0.15) is 5.82 Å². The summed E-state index contributed by atoms with van der Waals surface area (Å²) < 4.78 is 42.7. The van der Waals surface area contributed by atoms with E-state index in [-0.39, 0.29) is 16.1 Å². The van der Waals surface area contributed by atoms with Gasteiger partial charge < -0.3 is 4.42 Å². The van der Waals surface area contributed by atoms with Crippen molar-refractivity contribution in [2.75, 3.05) is 6.26 Å². The molecule has 136 valence electrons. The topological polar surface area (TPSA) is 60.2 Å². The molecule has 0 saturated heterocycles. The van der Waals surface area contributed by atoms with Crippen LogP contribution >= 0.6 is 0 Å². The molecule has 0 radical (unpaired) electrons. The Morgan fingerprint density at radius 1 is 1.04 bits per heavy atom. The Hall–Kier alpha value is -2.47. The molecule has 0 atom stereocenters. The second-order valence-corrected chi connectivity index (χ2v) is 9.28. The summed E-state index contributed by atoms with van der Waals surface area (Å²) in [5, 5.41) is 0. The molecule has 0 fully saturated rings. The molecule has 0 aliphatic heterocycles. The van der Waals surface area contributed by atoms with E-state index in [1.165, 1.54) is 24.3 Å². The zero-order valence-electron chi connectivity index (χ0n) is 15.1. The van der Waals surface area contributed by atoms with Crippen LogP contribution in [0.3, 0.4) is 0 Å². The predicted octanol–water partition coefficient (Wildman–Crippen LogP) is 4.85. The Bertz CT molecular complexity index is 1050. The van der Waals surface area contributed by atoms with Gasteiger partial charge in [-0.05, 0) is 53.4 Å². The summed E-state index contributed by atoms with van der Waals surface area (Å²) in [6.07, 6.45) is 2.75. The van der Waals surface area contributed by atoms with Crippen LogP contribution in [0.2, 0.25) is 0 Å². The Kier molecular flexibility index (Phi) is 4.48. The van der Waals surface area contributed by atoms with Gasteiger partial charge in [-0.1, -0.05) is 20.8 Å².